The van der Waals surface area contributed by atoms with Crippen molar-refractivity contribution < 1.29 is 14.5 Å². The summed E-state index contributed by atoms with van der Waals surface area (Å²) in [6.07, 6.45) is 0.779. The van der Waals surface area contributed by atoms with Crippen LogP contribution in [0, 0.1) is 10.1 Å². The highest BCUT2D eigenvalue weighted by atomic mass is 16.6. The first-order chi connectivity index (χ1) is 11.6. The quantitative estimate of drug-likeness (QED) is 0.638. The number of amides is 1. The van der Waals surface area contributed by atoms with Crippen molar-refractivity contribution in [2.24, 2.45) is 0 Å². The molecule has 1 unspecified atom stereocenters. The van der Waals surface area contributed by atoms with Crippen LogP contribution in [0.1, 0.15) is 23.7 Å². The van der Waals surface area contributed by atoms with Crippen molar-refractivity contribution in [3.8, 4) is 0 Å². The molecule has 0 aliphatic carbocycles. The zero-order chi connectivity index (χ0) is 17.1. The number of hydrogen-bond acceptors (Lipinski definition) is 4. The van der Waals surface area contributed by atoms with Crippen LogP contribution in [0.5, 0.6) is 0 Å². The molecule has 0 spiro atoms. The molecule has 0 saturated carbocycles. The lowest BCUT2D eigenvalue weighted by atomic mass is 9.95. The van der Waals surface area contributed by atoms with Crippen molar-refractivity contribution in [2.75, 3.05) is 18.6 Å². The number of ether oxygens (including phenoxy) is 1. The fraction of sp³-hybridized carbons (Fsp3) is 0.278. The van der Waals surface area contributed by atoms with Crippen molar-refractivity contribution in [3.63, 3.8) is 0 Å². The van der Waals surface area contributed by atoms with Crippen LogP contribution >= 0.6 is 0 Å². The average Bonchev–Trinajstić information content (AvgIpc) is 2.61. The minimum Gasteiger partial charge on any atom is -0.373 e. The van der Waals surface area contributed by atoms with Gasteiger partial charge in [-0.15, -0.1) is 0 Å². The predicted octanol–water partition coefficient (Wildman–Crippen LogP) is 3.26. The van der Waals surface area contributed by atoms with Crippen LogP contribution in [0.2, 0.25) is 0 Å². The number of nitrogens with zero attached hydrogens (tertiary/aromatic N) is 2. The van der Waals surface area contributed by atoms with Gasteiger partial charge in [0.15, 0.2) is 0 Å². The van der Waals surface area contributed by atoms with Crippen LogP contribution < -0.4 is 4.90 Å². The highest BCUT2D eigenvalue weighted by Gasteiger charge is 2.25. The topological polar surface area (TPSA) is 72.7 Å². The van der Waals surface area contributed by atoms with E-state index in [0.717, 1.165) is 12.0 Å². The van der Waals surface area contributed by atoms with Gasteiger partial charge in [0.1, 0.15) is 0 Å². The lowest BCUT2D eigenvalue weighted by Gasteiger charge is -2.27. The van der Waals surface area contributed by atoms with Gasteiger partial charge in [-0.3, -0.25) is 14.9 Å². The molecule has 0 radical (unpaired) electrons. The van der Waals surface area contributed by atoms with Crippen molar-refractivity contribution in [2.45, 2.75) is 18.9 Å². The Morgan fingerprint density at radius 3 is 2.88 bits per heavy atom. The Bertz CT molecular complexity index is 775. The minimum absolute atomic E-state index is 0.0357. The normalized spacial score (nSPS) is 16.3. The van der Waals surface area contributed by atoms with Crippen molar-refractivity contribution in [1.82, 2.24) is 0 Å². The lowest BCUT2D eigenvalue weighted by Crippen LogP contribution is -2.29. The van der Waals surface area contributed by atoms with E-state index in [1.54, 1.807) is 19.2 Å². The summed E-state index contributed by atoms with van der Waals surface area (Å²) in [5.41, 5.74) is 2.72. The zero-order valence-electron chi connectivity index (χ0n) is 13.3. The molecule has 0 bridgehead atoms. The third-order valence-electron chi connectivity index (χ3n) is 4.25. The molecule has 24 heavy (non-hydrogen) atoms. The Balaban J connectivity index is 1.76. The smallest absolute Gasteiger partial charge is 0.271 e. The van der Waals surface area contributed by atoms with Crippen LogP contribution in [0.3, 0.4) is 0 Å². The SMILES string of the molecule is CN(C(=O)CC1OCCc2ccccc21)c1cccc([N+](=O)[O-])c1. The Hall–Kier alpha value is -2.73. The Morgan fingerprint density at radius 1 is 1.29 bits per heavy atom. The van der Waals surface area contributed by atoms with Gasteiger partial charge in [0.05, 0.1) is 29.7 Å². The molecular formula is C18H18N2O4. The fourth-order valence-corrected chi connectivity index (χ4v) is 2.90. The van der Waals surface area contributed by atoms with Crippen molar-refractivity contribution >= 4 is 17.3 Å². The van der Waals surface area contributed by atoms with Gasteiger partial charge in [-0.05, 0) is 23.6 Å². The molecule has 2 aromatic rings. The van der Waals surface area contributed by atoms with Crippen LogP contribution in [-0.4, -0.2) is 24.5 Å². The van der Waals surface area contributed by atoms with Gasteiger partial charge in [-0.1, -0.05) is 30.3 Å². The summed E-state index contributed by atoms with van der Waals surface area (Å²) in [5, 5.41) is 10.9. The Labute approximate surface area is 139 Å². The molecule has 6 heteroatoms. The summed E-state index contributed by atoms with van der Waals surface area (Å²) in [6.45, 7) is 0.593. The van der Waals surface area contributed by atoms with Gasteiger partial charge >= 0.3 is 0 Å². The summed E-state index contributed by atoms with van der Waals surface area (Å²) < 4.78 is 5.77. The highest BCUT2D eigenvalue weighted by Crippen LogP contribution is 2.30. The number of hydrogen-bond donors (Lipinski definition) is 0. The summed E-state index contributed by atoms with van der Waals surface area (Å²) in [4.78, 5) is 24.4. The van der Waals surface area contributed by atoms with E-state index >= 15 is 0 Å². The molecule has 0 aromatic heterocycles. The molecule has 124 valence electrons. The molecule has 1 heterocycles. The Morgan fingerprint density at radius 2 is 2.08 bits per heavy atom. The Kier molecular flexibility index (Phi) is 4.57. The first-order valence-electron chi connectivity index (χ1n) is 7.76. The number of nitro groups is 1. The second-order valence-corrected chi connectivity index (χ2v) is 5.74. The molecule has 6 nitrogen and oxygen atoms in total. The van der Waals surface area contributed by atoms with E-state index in [9.17, 15) is 14.9 Å². The summed E-state index contributed by atoms with van der Waals surface area (Å²) in [7, 11) is 1.62. The summed E-state index contributed by atoms with van der Waals surface area (Å²) in [6, 6.07) is 14.0. The van der Waals surface area contributed by atoms with E-state index in [1.807, 2.05) is 18.2 Å². The fourth-order valence-electron chi connectivity index (χ4n) is 2.90. The molecule has 1 aliphatic heterocycles. The molecule has 1 amide bonds. The van der Waals surface area contributed by atoms with Crippen LogP contribution in [0.25, 0.3) is 0 Å². The second-order valence-electron chi connectivity index (χ2n) is 5.74. The maximum absolute atomic E-state index is 12.6. The summed E-state index contributed by atoms with van der Waals surface area (Å²) >= 11 is 0. The molecule has 0 fully saturated rings. The molecule has 3 rings (SSSR count). The van der Waals surface area contributed by atoms with Gasteiger partial charge in [-0.25, -0.2) is 0 Å². The number of carbonyl (C=O) groups is 1. The maximum atomic E-state index is 12.6. The van der Waals surface area contributed by atoms with Gasteiger partial charge in [0, 0.05) is 19.2 Å². The number of non-ortho nitro benzene ring substituents is 1. The zero-order valence-corrected chi connectivity index (χ0v) is 13.3. The van der Waals surface area contributed by atoms with Gasteiger partial charge in [0.25, 0.3) is 5.69 Å². The molecule has 2 aromatic carbocycles. The monoisotopic (exact) mass is 326 g/mol. The third kappa shape index (κ3) is 3.28. The molecular weight excluding hydrogens is 308 g/mol. The number of carbonyl (C=O) groups excluding carboxylic acids is 1. The number of benzene rings is 2. The van der Waals surface area contributed by atoms with Gasteiger partial charge < -0.3 is 9.64 Å². The highest BCUT2D eigenvalue weighted by molar-refractivity contribution is 5.93. The first-order valence-corrected chi connectivity index (χ1v) is 7.76. The molecule has 0 saturated heterocycles. The van der Waals surface area contributed by atoms with E-state index in [-0.39, 0.29) is 24.1 Å². The largest absolute Gasteiger partial charge is 0.373 e. The average molecular weight is 326 g/mol. The van der Waals surface area contributed by atoms with E-state index in [1.165, 1.54) is 22.6 Å². The van der Waals surface area contributed by atoms with Crippen molar-refractivity contribution in [1.29, 1.82) is 0 Å². The summed E-state index contributed by atoms with van der Waals surface area (Å²) in [5.74, 6) is -0.141. The molecule has 0 N–H and O–H groups in total. The van der Waals surface area contributed by atoms with E-state index in [0.29, 0.717) is 12.3 Å². The van der Waals surface area contributed by atoms with Gasteiger partial charge in [-0.2, -0.15) is 0 Å². The van der Waals surface area contributed by atoms with E-state index < -0.39 is 4.92 Å². The number of anilines is 1. The van der Waals surface area contributed by atoms with Crippen LogP contribution in [-0.2, 0) is 16.0 Å². The number of nitro benzene ring substituents is 1. The van der Waals surface area contributed by atoms with Crippen LogP contribution in [0.4, 0.5) is 11.4 Å². The molecule has 1 aliphatic rings. The maximum Gasteiger partial charge on any atom is 0.271 e. The van der Waals surface area contributed by atoms with Gasteiger partial charge in [0.2, 0.25) is 5.91 Å². The number of rotatable bonds is 4. The van der Waals surface area contributed by atoms with Crippen molar-refractivity contribution in [3.05, 3.63) is 69.8 Å². The van der Waals surface area contributed by atoms with E-state index in [2.05, 4.69) is 6.07 Å². The van der Waals surface area contributed by atoms with Crippen LogP contribution in [0.15, 0.2) is 48.5 Å². The van der Waals surface area contributed by atoms with E-state index in [4.69, 9.17) is 4.74 Å². The number of fused-ring (bicyclic) bond motifs is 1. The third-order valence-corrected chi connectivity index (χ3v) is 4.25. The standard InChI is InChI=1S/C18H18N2O4/c1-19(14-6-4-7-15(11-14)20(22)23)18(21)12-17-16-8-3-2-5-13(16)9-10-24-17/h2-8,11,17H,9-10,12H2,1H3. The predicted molar refractivity (Wildman–Crippen MR) is 90.0 cm³/mol. The first kappa shape index (κ1) is 16.1. The second kappa shape index (κ2) is 6.80. The molecule has 1 atom stereocenters. The lowest BCUT2D eigenvalue weighted by molar-refractivity contribution is -0.384. The minimum atomic E-state index is -0.470.